The van der Waals surface area contributed by atoms with Crippen LogP contribution in [0.5, 0.6) is 0 Å². The van der Waals surface area contributed by atoms with Gasteiger partial charge in [0.15, 0.2) is 0 Å². The van der Waals surface area contributed by atoms with Gasteiger partial charge in [-0.3, -0.25) is 10.7 Å². The van der Waals surface area contributed by atoms with Gasteiger partial charge in [0.1, 0.15) is 5.00 Å². The second kappa shape index (κ2) is 2.15. The first-order valence-corrected chi connectivity index (χ1v) is 3.16. The van der Waals surface area contributed by atoms with E-state index in [0.29, 0.717) is 0 Å². The third-order valence-corrected chi connectivity index (χ3v) is 1.79. The molecular formula is C5H7NOS. The van der Waals surface area contributed by atoms with Crippen LogP contribution in [0, 0.1) is 6.92 Å². The molecule has 1 aromatic heterocycles. The van der Waals surface area contributed by atoms with E-state index in [4.69, 9.17) is 5.21 Å². The molecule has 1 rings (SSSR count). The van der Waals surface area contributed by atoms with Crippen LogP contribution >= 0.6 is 11.3 Å². The monoisotopic (exact) mass is 129 g/mol. The molecular weight excluding hydrogens is 122 g/mol. The van der Waals surface area contributed by atoms with E-state index in [2.05, 4.69) is 5.48 Å². The van der Waals surface area contributed by atoms with E-state index in [1.807, 2.05) is 18.4 Å². The van der Waals surface area contributed by atoms with Gasteiger partial charge in [0.25, 0.3) is 0 Å². The van der Waals surface area contributed by atoms with Crippen LogP contribution in [0.3, 0.4) is 0 Å². The first-order chi connectivity index (χ1) is 3.83. The molecule has 0 amide bonds. The molecule has 0 aliphatic carbocycles. The number of rotatable bonds is 1. The summed E-state index contributed by atoms with van der Waals surface area (Å²) in [7, 11) is 0. The largest absolute Gasteiger partial charge is 0.290 e. The van der Waals surface area contributed by atoms with E-state index in [9.17, 15) is 0 Å². The maximum Gasteiger partial charge on any atom is 0.113 e. The lowest BCUT2D eigenvalue weighted by molar-refractivity contribution is 0.391. The van der Waals surface area contributed by atoms with Gasteiger partial charge in [-0.2, -0.15) is 0 Å². The first kappa shape index (κ1) is 5.59. The predicted octanol–water partition coefficient (Wildman–Crippen LogP) is 1.86. The van der Waals surface area contributed by atoms with Crippen molar-refractivity contribution >= 4 is 16.3 Å². The lowest BCUT2D eigenvalue weighted by Crippen LogP contribution is -1.81. The summed E-state index contributed by atoms with van der Waals surface area (Å²) in [6.07, 6.45) is 0. The van der Waals surface area contributed by atoms with E-state index >= 15 is 0 Å². The minimum Gasteiger partial charge on any atom is -0.290 e. The van der Waals surface area contributed by atoms with Crippen LogP contribution in [-0.4, -0.2) is 5.21 Å². The standard InChI is InChI=1S/C5H7NOS/c1-4-2-5(6-7)8-3-4/h2-3,6-7H,1H3. The summed E-state index contributed by atoms with van der Waals surface area (Å²) < 4.78 is 0. The Kier molecular flexibility index (Phi) is 1.50. The van der Waals surface area contributed by atoms with Crippen molar-refractivity contribution in [2.45, 2.75) is 6.92 Å². The fourth-order valence-electron chi connectivity index (χ4n) is 0.490. The van der Waals surface area contributed by atoms with Gasteiger partial charge in [0.05, 0.1) is 0 Å². The molecule has 0 atom stereocenters. The van der Waals surface area contributed by atoms with E-state index < -0.39 is 0 Å². The van der Waals surface area contributed by atoms with Crippen LogP contribution in [0.15, 0.2) is 11.4 Å². The normalized spacial score (nSPS) is 9.25. The zero-order valence-corrected chi connectivity index (χ0v) is 5.33. The van der Waals surface area contributed by atoms with Gasteiger partial charge in [-0.05, 0) is 23.9 Å². The van der Waals surface area contributed by atoms with Crippen LogP contribution < -0.4 is 5.48 Å². The highest BCUT2D eigenvalue weighted by atomic mass is 32.1. The van der Waals surface area contributed by atoms with Crippen molar-refractivity contribution in [3.8, 4) is 0 Å². The summed E-state index contributed by atoms with van der Waals surface area (Å²) in [5.74, 6) is 0. The van der Waals surface area contributed by atoms with Gasteiger partial charge < -0.3 is 0 Å². The predicted molar refractivity (Wildman–Crippen MR) is 34.5 cm³/mol. The first-order valence-electron chi connectivity index (χ1n) is 2.28. The Hall–Kier alpha value is -0.540. The molecule has 2 nitrogen and oxygen atoms in total. The Labute approximate surface area is 51.7 Å². The van der Waals surface area contributed by atoms with Crippen molar-refractivity contribution < 1.29 is 5.21 Å². The Balaban J connectivity index is 2.84. The highest BCUT2D eigenvalue weighted by molar-refractivity contribution is 7.14. The topological polar surface area (TPSA) is 32.3 Å². The van der Waals surface area contributed by atoms with Crippen molar-refractivity contribution in [3.63, 3.8) is 0 Å². The summed E-state index contributed by atoms with van der Waals surface area (Å²) in [6.45, 7) is 1.98. The third-order valence-electron chi connectivity index (χ3n) is 0.841. The second-order valence-corrected chi connectivity index (χ2v) is 2.51. The highest BCUT2D eigenvalue weighted by Crippen LogP contribution is 2.17. The molecule has 0 bridgehead atoms. The summed E-state index contributed by atoms with van der Waals surface area (Å²) in [5, 5.41) is 11.1. The Morgan fingerprint density at radius 2 is 2.50 bits per heavy atom. The maximum atomic E-state index is 8.31. The SMILES string of the molecule is Cc1csc(NO)c1. The van der Waals surface area contributed by atoms with E-state index in [0.717, 1.165) is 5.00 Å². The number of aryl methyl sites for hydroxylation is 1. The van der Waals surface area contributed by atoms with Gasteiger partial charge in [-0.15, -0.1) is 11.3 Å². The summed E-state index contributed by atoms with van der Waals surface area (Å²) >= 11 is 1.49. The van der Waals surface area contributed by atoms with Gasteiger partial charge in [-0.25, -0.2) is 0 Å². The minimum absolute atomic E-state index is 0.794. The zero-order chi connectivity index (χ0) is 5.98. The van der Waals surface area contributed by atoms with Crippen molar-refractivity contribution in [1.82, 2.24) is 0 Å². The van der Waals surface area contributed by atoms with Gasteiger partial charge >= 0.3 is 0 Å². The smallest absolute Gasteiger partial charge is 0.113 e. The van der Waals surface area contributed by atoms with Crippen molar-refractivity contribution in [2.24, 2.45) is 0 Å². The molecule has 8 heavy (non-hydrogen) atoms. The van der Waals surface area contributed by atoms with E-state index in [1.54, 1.807) is 0 Å². The van der Waals surface area contributed by atoms with Gasteiger partial charge in [0, 0.05) is 0 Å². The fraction of sp³-hybridized carbons (Fsp3) is 0.200. The molecule has 0 unspecified atom stereocenters. The van der Waals surface area contributed by atoms with Crippen LogP contribution in [0.4, 0.5) is 5.00 Å². The molecule has 0 aliphatic heterocycles. The highest BCUT2D eigenvalue weighted by Gasteiger charge is 1.89. The molecule has 1 heterocycles. The average molecular weight is 129 g/mol. The molecule has 0 radical (unpaired) electrons. The fourth-order valence-corrected chi connectivity index (χ4v) is 1.18. The van der Waals surface area contributed by atoms with Gasteiger partial charge in [-0.1, -0.05) is 0 Å². The lowest BCUT2D eigenvalue weighted by atomic mass is 10.4. The quantitative estimate of drug-likeness (QED) is 0.567. The molecule has 0 saturated carbocycles. The molecule has 0 aromatic carbocycles. The van der Waals surface area contributed by atoms with Crippen LogP contribution in [0.25, 0.3) is 0 Å². The summed E-state index contributed by atoms with van der Waals surface area (Å²) in [6, 6.07) is 1.88. The molecule has 0 saturated heterocycles. The summed E-state index contributed by atoms with van der Waals surface area (Å²) in [4.78, 5) is 0. The van der Waals surface area contributed by atoms with Gasteiger partial charge in [0.2, 0.25) is 0 Å². The number of nitrogens with one attached hydrogen (secondary N) is 1. The molecule has 0 aliphatic rings. The number of anilines is 1. The van der Waals surface area contributed by atoms with Crippen molar-refractivity contribution in [3.05, 3.63) is 17.0 Å². The second-order valence-electron chi connectivity index (χ2n) is 1.60. The van der Waals surface area contributed by atoms with Crippen LogP contribution in [0.1, 0.15) is 5.56 Å². The Morgan fingerprint density at radius 1 is 1.75 bits per heavy atom. The molecule has 3 heteroatoms. The molecule has 0 spiro atoms. The number of thiophene rings is 1. The zero-order valence-electron chi connectivity index (χ0n) is 4.51. The average Bonchev–Trinajstić information content (AvgIpc) is 2.14. The Bertz CT molecular complexity index is 173. The van der Waals surface area contributed by atoms with E-state index in [-0.39, 0.29) is 0 Å². The lowest BCUT2D eigenvalue weighted by Gasteiger charge is -1.85. The number of hydrogen-bond acceptors (Lipinski definition) is 3. The van der Waals surface area contributed by atoms with Crippen LogP contribution in [-0.2, 0) is 0 Å². The molecule has 44 valence electrons. The van der Waals surface area contributed by atoms with Crippen molar-refractivity contribution in [2.75, 3.05) is 5.48 Å². The third kappa shape index (κ3) is 0.993. The van der Waals surface area contributed by atoms with Crippen LogP contribution in [0.2, 0.25) is 0 Å². The molecule has 1 aromatic rings. The maximum absolute atomic E-state index is 8.31. The summed E-state index contributed by atoms with van der Waals surface area (Å²) in [5.41, 5.74) is 3.24. The minimum atomic E-state index is 0.794. The number of hydrogen-bond donors (Lipinski definition) is 2. The molecule has 0 fully saturated rings. The van der Waals surface area contributed by atoms with E-state index in [1.165, 1.54) is 16.9 Å². The van der Waals surface area contributed by atoms with Crippen molar-refractivity contribution in [1.29, 1.82) is 0 Å². The Morgan fingerprint density at radius 3 is 2.75 bits per heavy atom. The molecule has 2 N–H and O–H groups in total.